The first-order valence-electron chi connectivity index (χ1n) is 6.84. The summed E-state index contributed by atoms with van der Waals surface area (Å²) >= 11 is 0. The molecule has 0 fully saturated rings. The number of fused-ring (bicyclic) bond motifs is 1. The second-order valence-corrected chi connectivity index (χ2v) is 4.97. The van der Waals surface area contributed by atoms with Gasteiger partial charge in [0.05, 0.1) is 18.2 Å². The molecule has 0 saturated heterocycles. The zero-order chi connectivity index (χ0) is 17.3. The maximum atomic E-state index is 12.8. The molecule has 0 aliphatic rings. The molecule has 0 radical (unpaired) electrons. The molecule has 3 rings (SSSR count). The summed E-state index contributed by atoms with van der Waals surface area (Å²) in [6.07, 6.45) is -3.16. The fourth-order valence-electron chi connectivity index (χ4n) is 2.25. The van der Waals surface area contributed by atoms with Crippen molar-refractivity contribution in [3.8, 4) is 11.5 Å². The highest BCUT2D eigenvalue weighted by Gasteiger charge is 2.30. The molecule has 0 spiro atoms. The maximum absolute atomic E-state index is 12.8. The lowest BCUT2D eigenvalue weighted by atomic mass is 10.1. The maximum Gasteiger partial charge on any atom is 0.416 e. The second kappa shape index (κ2) is 5.88. The molecule has 5 nitrogen and oxygen atoms in total. The van der Waals surface area contributed by atoms with Gasteiger partial charge in [-0.1, -0.05) is 6.07 Å². The number of anilines is 2. The minimum atomic E-state index is -4.43. The van der Waals surface area contributed by atoms with Crippen LogP contribution in [0.2, 0.25) is 0 Å². The Labute approximate surface area is 134 Å². The normalized spacial score (nSPS) is 11.5. The van der Waals surface area contributed by atoms with Gasteiger partial charge in [0.2, 0.25) is 0 Å². The summed E-state index contributed by atoms with van der Waals surface area (Å²) in [5, 5.41) is 13.2. The van der Waals surface area contributed by atoms with Crippen molar-refractivity contribution in [2.45, 2.75) is 6.18 Å². The fourth-order valence-corrected chi connectivity index (χ4v) is 2.25. The highest BCUT2D eigenvalue weighted by Crippen LogP contribution is 2.35. The van der Waals surface area contributed by atoms with Crippen molar-refractivity contribution in [2.24, 2.45) is 0 Å². The van der Waals surface area contributed by atoms with E-state index < -0.39 is 11.7 Å². The molecule has 24 heavy (non-hydrogen) atoms. The van der Waals surface area contributed by atoms with Crippen molar-refractivity contribution in [2.75, 3.05) is 12.4 Å². The number of hydrogen-bond donors (Lipinski definition) is 2. The van der Waals surface area contributed by atoms with Gasteiger partial charge in [-0.25, -0.2) is 9.97 Å². The van der Waals surface area contributed by atoms with Crippen LogP contribution in [0.3, 0.4) is 0 Å². The quantitative estimate of drug-likeness (QED) is 0.754. The highest BCUT2D eigenvalue weighted by molar-refractivity contribution is 5.92. The molecular formula is C16H12F3N3O2. The Kier molecular flexibility index (Phi) is 3.88. The number of aromatic nitrogens is 2. The second-order valence-electron chi connectivity index (χ2n) is 4.97. The smallest absolute Gasteiger partial charge is 0.416 e. The minimum Gasteiger partial charge on any atom is -0.504 e. The van der Waals surface area contributed by atoms with Crippen molar-refractivity contribution < 1.29 is 23.0 Å². The van der Waals surface area contributed by atoms with Gasteiger partial charge in [-0.3, -0.25) is 0 Å². The zero-order valence-corrected chi connectivity index (χ0v) is 12.4. The average Bonchev–Trinajstić information content (AvgIpc) is 2.54. The monoisotopic (exact) mass is 335 g/mol. The molecule has 2 aromatic carbocycles. The molecule has 0 aliphatic carbocycles. The largest absolute Gasteiger partial charge is 0.504 e. The Morgan fingerprint density at radius 1 is 1.12 bits per heavy atom. The van der Waals surface area contributed by atoms with Gasteiger partial charge in [0.15, 0.2) is 11.5 Å². The standard InChI is InChI=1S/C16H12F3N3O2/c1-24-14-7-12-11(6-13(14)23)15(21-8-20-12)22-10-4-2-3-9(5-10)16(17,18)19/h2-8,23H,1H3,(H,20,21,22). The van der Waals surface area contributed by atoms with Gasteiger partial charge in [0, 0.05) is 17.1 Å². The highest BCUT2D eigenvalue weighted by atomic mass is 19.4. The third kappa shape index (κ3) is 3.03. The number of alkyl halides is 3. The lowest BCUT2D eigenvalue weighted by Crippen LogP contribution is -2.05. The molecule has 0 unspecified atom stereocenters. The fraction of sp³-hybridized carbons (Fsp3) is 0.125. The summed E-state index contributed by atoms with van der Waals surface area (Å²) in [6.45, 7) is 0. The number of phenols is 1. The number of phenolic OH excluding ortho intramolecular Hbond substituents is 1. The van der Waals surface area contributed by atoms with Crippen LogP contribution in [0.15, 0.2) is 42.7 Å². The first-order valence-corrected chi connectivity index (χ1v) is 6.84. The van der Waals surface area contributed by atoms with Crippen LogP contribution >= 0.6 is 0 Å². The number of ether oxygens (including phenoxy) is 1. The van der Waals surface area contributed by atoms with Gasteiger partial charge in [-0.05, 0) is 24.3 Å². The van der Waals surface area contributed by atoms with Gasteiger partial charge < -0.3 is 15.2 Å². The van der Waals surface area contributed by atoms with Gasteiger partial charge in [0.1, 0.15) is 12.1 Å². The number of hydrogen-bond acceptors (Lipinski definition) is 5. The SMILES string of the molecule is COc1cc2ncnc(Nc3cccc(C(F)(F)F)c3)c2cc1O. The van der Waals surface area contributed by atoms with Crippen molar-refractivity contribution in [1.82, 2.24) is 9.97 Å². The van der Waals surface area contributed by atoms with Crippen LogP contribution in [-0.4, -0.2) is 22.2 Å². The summed E-state index contributed by atoms with van der Waals surface area (Å²) in [6, 6.07) is 7.67. The molecule has 1 heterocycles. The molecule has 124 valence electrons. The first kappa shape index (κ1) is 15.9. The Hall–Kier alpha value is -3.03. The van der Waals surface area contributed by atoms with Gasteiger partial charge in [-0.2, -0.15) is 13.2 Å². The molecule has 8 heteroatoms. The number of methoxy groups -OCH3 is 1. The molecular weight excluding hydrogens is 323 g/mol. The predicted molar refractivity (Wildman–Crippen MR) is 82.5 cm³/mol. The van der Waals surface area contributed by atoms with Gasteiger partial charge in [0.25, 0.3) is 0 Å². The first-order chi connectivity index (χ1) is 11.4. The molecule has 0 amide bonds. The van der Waals surface area contributed by atoms with E-state index in [9.17, 15) is 18.3 Å². The lowest BCUT2D eigenvalue weighted by Gasteiger charge is -2.12. The van der Waals surface area contributed by atoms with Gasteiger partial charge in [-0.15, -0.1) is 0 Å². The van der Waals surface area contributed by atoms with E-state index in [1.165, 1.54) is 37.7 Å². The van der Waals surface area contributed by atoms with E-state index >= 15 is 0 Å². The molecule has 0 aliphatic heterocycles. The Balaban J connectivity index is 2.03. The average molecular weight is 335 g/mol. The Morgan fingerprint density at radius 2 is 1.92 bits per heavy atom. The zero-order valence-electron chi connectivity index (χ0n) is 12.4. The van der Waals surface area contributed by atoms with Crippen molar-refractivity contribution in [3.05, 3.63) is 48.3 Å². The van der Waals surface area contributed by atoms with E-state index in [4.69, 9.17) is 4.74 Å². The van der Waals surface area contributed by atoms with E-state index in [1.807, 2.05) is 0 Å². The van der Waals surface area contributed by atoms with E-state index in [2.05, 4.69) is 15.3 Å². The Morgan fingerprint density at radius 3 is 2.62 bits per heavy atom. The molecule has 2 N–H and O–H groups in total. The topological polar surface area (TPSA) is 67.3 Å². The van der Waals surface area contributed by atoms with Crippen LogP contribution < -0.4 is 10.1 Å². The summed E-state index contributed by atoms with van der Waals surface area (Å²) in [4.78, 5) is 8.10. The molecule has 3 aromatic rings. The summed E-state index contributed by atoms with van der Waals surface area (Å²) < 4.78 is 43.4. The van der Waals surface area contributed by atoms with E-state index in [0.29, 0.717) is 10.9 Å². The molecule has 0 saturated carbocycles. The molecule has 1 aromatic heterocycles. The van der Waals surface area contributed by atoms with Gasteiger partial charge >= 0.3 is 6.18 Å². The minimum absolute atomic E-state index is 0.119. The van der Waals surface area contributed by atoms with Crippen molar-refractivity contribution >= 4 is 22.4 Å². The van der Waals surface area contributed by atoms with Crippen molar-refractivity contribution in [3.63, 3.8) is 0 Å². The third-order valence-corrected chi connectivity index (χ3v) is 3.39. The summed E-state index contributed by atoms with van der Waals surface area (Å²) in [7, 11) is 1.41. The predicted octanol–water partition coefficient (Wildman–Crippen LogP) is 4.11. The number of halogens is 3. The van der Waals surface area contributed by atoms with Crippen LogP contribution in [0.5, 0.6) is 11.5 Å². The van der Waals surface area contributed by atoms with Crippen LogP contribution in [0.25, 0.3) is 10.9 Å². The number of aromatic hydroxyl groups is 1. The van der Waals surface area contributed by atoms with Crippen LogP contribution in [0, 0.1) is 0 Å². The van der Waals surface area contributed by atoms with E-state index in [-0.39, 0.29) is 23.0 Å². The van der Waals surface area contributed by atoms with Crippen molar-refractivity contribution in [1.29, 1.82) is 0 Å². The third-order valence-electron chi connectivity index (χ3n) is 3.39. The summed E-state index contributed by atoms with van der Waals surface area (Å²) in [5.74, 6) is 0.399. The van der Waals surface area contributed by atoms with E-state index in [0.717, 1.165) is 12.1 Å². The Bertz CT molecular complexity index is 897. The van der Waals surface area contributed by atoms with Crippen LogP contribution in [0.4, 0.5) is 24.7 Å². The number of nitrogens with zero attached hydrogens (tertiary/aromatic N) is 2. The number of benzene rings is 2. The van der Waals surface area contributed by atoms with Crippen LogP contribution in [-0.2, 0) is 6.18 Å². The molecule has 0 bridgehead atoms. The lowest BCUT2D eigenvalue weighted by molar-refractivity contribution is -0.137. The number of rotatable bonds is 3. The summed E-state index contributed by atoms with van der Waals surface area (Å²) in [5.41, 5.74) is -0.0652. The van der Waals surface area contributed by atoms with Crippen LogP contribution in [0.1, 0.15) is 5.56 Å². The van der Waals surface area contributed by atoms with E-state index in [1.54, 1.807) is 0 Å². The molecule has 0 atom stereocenters. The number of nitrogens with one attached hydrogen (secondary N) is 1.